The number of anilines is 1. The molecule has 5 rings (SSSR count). The predicted octanol–water partition coefficient (Wildman–Crippen LogP) is 3.59. The minimum absolute atomic E-state index is 0.00799. The predicted molar refractivity (Wildman–Crippen MR) is 131 cm³/mol. The van der Waals surface area contributed by atoms with Crippen molar-refractivity contribution in [1.82, 2.24) is 8.87 Å². The van der Waals surface area contributed by atoms with E-state index in [9.17, 15) is 18.0 Å². The summed E-state index contributed by atoms with van der Waals surface area (Å²) in [6, 6.07) is 18.0. The number of benzene rings is 2. The summed E-state index contributed by atoms with van der Waals surface area (Å²) in [6.07, 6.45) is 0.872. The SMILES string of the molecule is CC(=O)Nc1ccc(S(=O)(=O)N2CC3CC(C2)c2ccc(-c4ccccc4C)c(=O)n2C3)cc1. The lowest BCUT2D eigenvalue weighted by Gasteiger charge is -2.42. The fourth-order valence-electron chi connectivity index (χ4n) is 5.24. The van der Waals surface area contributed by atoms with Crippen molar-refractivity contribution in [1.29, 1.82) is 0 Å². The Hall–Kier alpha value is -3.23. The summed E-state index contributed by atoms with van der Waals surface area (Å²) < 4.78 is 30.2. The zero-order valence-corrected chi connectivity index (χ0v) is 20.0. The summed E-state index contributed by atoms with van der Waals surface area (Å²) in [5, 5.41) is 2.65. The number of amides is 1. The molecule has 8 heteroatoms. The number of nitrogens with zero attached hydrogens (tertiary/aromatic N) is 2. The third-order valence-corrected chi connectivity index (χ3v) is 8.66. The Morgan fingerprint density at radius 3 is 2.38 bits per heavy atom. The first-order valence-corrected chi connectivity index (χ1v) is 12.9. The molecule has 0 radical (unpaired) electrons. The number of nitrogens with one attached hydrogen (secondary N) is 1. The zero-order valence-electron chi connectivity index (χ0n) is 19.2. The Balaban J connectivity index is 1.44. The van der Waals surface area contributed by atoms with Crippen LogP contribution in [-0.4, -0.2) is 36.3 Å². The van der Waals surface area contributed by atoms with Crippen molar-refractivity contribution in [3.05, 3.63) is 82.3 Å². The van der Waals surface area contributed by atoms with Crippen LogP contribution < -0.4 is 10.9 Å². The molecule has 3 aromatic rings. The molecule has 0 spiro atoms. The largest absolute Gasteiger partial charge is 0.326 e. The van der Waals surface area contributed by atoms with Crippen LogP contribution in [0, 0.1) is 12.8 Å². The number of fused-ring (bicyclic) bond motifs is 4. The number of carbonyl (C=O) groups is 1. The molecule has 34 heavy (non-hydrogen) atoms. The molecular weight excluding hydrogens is 450 g/mol. The number of sulfonamides is 1. The Morgan fingerprint density at radius 2 is 1.68 bits per heavy atom. The van der Waals surface area contributed by atoms with E-state index in [0.717, 1.165) is 23.2 Å². The Morgan fingerprint density at radius 1 is 0.941 bits per heavy atom. The van der Waals surface area contributed by atoms with Crippen molar-refractivity contribution >= 4 is 21.6 Å². The van der Waals surface area contributed by atoms with E-state index in [1.807, 2.05) is 47.9 Å². The first kappa shape index (κ1) is 22.6. The maximum Gasteiger partial charge on any atom is 0.258 e. The smallest absolute Gasteiger partial charge is 0.258 e. The van der Waals surface area contributed by atoms with E-state index in [4.69, 9.17) is 0 Å². The average Bonchev–Trinajstić information content (AvgIpc) is 2.80. The van der Waals surface area contributed by atoms with Crippen molar-refractivity contribution < 1.29 is 13.2 Å². The summed E-state index contributed by atoms with van der Waals surface area (Å²) in [6.45, 7) is 4.64. The van der Waals surface area contributed by atoms with Crippen molar-refractivity contribution in [3.63, 3.8) is 0 Å². The van der Waals surface area contributed by atoms with Crippen molar-refractivity contribution in [2.75, 3.05) is 18.4 Å². The van der Waals surface area contributed by atoms with Gasteiger partial charge in [-0.2, -0.15) is 4.31 Å². The van der Waals surface area contributed by atoms with Gasteiger partial charge in [0.25, 0.3) is 5.56 Å². The number of piperidine rings is 1. The number of hydrogen-bond acceptors (Lipinski definition) is 4. The molecule has 0 saturated carbocycles. The van der Waals surface area contributed by atoms with Crippen LogP contribution in [0.4, 0.5) is 5.69 Å². The summed E-state index contributed by atoms with van der Waals surface area (Å²) in [5.41, 5.74) is 4.12. The number of hydrogen-bond donors (Lipinski definition) is 1. The van der Waals surface area contributed by atoms with Gasteiger partial charge in [-0.25, -0.2) is 8.42 Å². The first-order valence-electron chi connectivity index (χ1n) is 11.4. The lowest BCUT2D eigenvalue weighted by Crippen LogP contribution is -2.49. The summed E-state index contributed by atoms with van der Waals surface area (Å²) in [5.74, 6) is -0.164. The first-order chi connectivity index (χ1) is 16.2. The quantitative estimate of drug-likeness (QED) is 0.622. The second kappa shape index (κ2) is 8.52. The number of aromatic nitrogens is 1. The van der Waals surface area contributed by atoms with Gasteiger partial charge in [0.05, 0.1) is 4.90 Å². The molecule has 2 atom stereocenters. The van der Waals surface area contributed by atoms with E-state index >= 15 is 0 Å². The van der Waals surface area contributed by atoms with E-state index in [0.29, 0.717) is 30.9 Å². The molecule has 2 aromatic carbocycles. The molecule has 7 nitrogen and oxygen atoms in total. The molecule has 2 unspecified atom stereocenters. The highest BCUT2D eigenvalue weighted by Gasteiger charge is 2.39. The molecule has 0 aliphatic carbocycles. The molecule has 1 aromatic heterocycles. The zero-order chi connectivity index (χ0) is 24.0. The second-order valence-corrected chi connectivity index (χ2v) is 11.2. The Bertz CT molecular complexity index is 1430. The molecule has 1 fully saturated rings. The lowest BCUT2D eigenvalue weighted by atomic mass is 9.83. The highest BCUT2D eigenvalue weighted by atomic mass is 32.2. The van der Waals surface area contributed by atoms with Gasteiger partial charge in [-0.05, 0) is 66.8 Å². The molecule has 1 amide bonds. The van der Waals surface area contributed by atoms with Crippen LogP contribution in [-0.2, 0) is 21.4 Å². The monoisotopic (exact) mass is 477 g/mol. The summed E-state index contributed by atoms with van der Waals surface area (Å²) in [4.78, 5) is 24.8. The van der Waals surface area contributed by atoms with Gasteiger partial charge in [-0.15, -0.1) is 0 Å². The van der Waals surface area contributed by atoms with Gasteiger partial charge < -0.3 is 9.88 Å². The Labute approximate surface area is 199 Å². The van der Waals surface area contributed by atoms with Crippen LogP contribution in [0.15, 0.2) is 70.4 Å². The van der Waals surface area contributed by atoms with Crippen molar-refractivity contribution in [3.8, 4) is 11.1 Å². The van der Waals surface area contributed by atoms with Gasteiger partial charge in [0.2, 0.25) is 15.9 Å². The number of rotatable bonds is 4. The molecule has 1 N–H and O–H groups in total. The van der Waals surface area contributed by atoms with E-state index < -0.39 is 10.0 Å². The summed E-state index contributed by atoms with van der Waals surface area (Å²) >= 11 is 0. The minimum atomic E-state index is -3.69. The molecule has 2 aliphatic rings. The fourth-order valence-corrected chi connectivity index (χ4v) is 6.80. The molecular formula is C26H27N3O4S. The highest BCUT2D eigenvalue weighted by molar-refractivity contribution is 7.89. The standard InChI is InChI=1S/C26H27N3O4S/c1-17-5-3-4-6-23(17)24-11-12-25-20-13-19(15-29(25)26(24)31)14-28(16-20)34(32,33)22-9-7-21(8-10-22)27-18(2)30/h3-12,19-20H,13-16H2,1-2H3,(H,27,30). The highest BCUT2D eigenvalue weighted by Crippen LogP contribution is 2.38. The van der Waals surface area contributed by atoms with Gasteiger partial charge in [0, 0.05) is 49.4 Å². The average molecular weight is 478 g/mol. The number of aryl methyl sites for hydroxylation is 1. The van der Waals surface area contributed by atoms with Crippen LogP contribution in [0.5, 0.6) is 0 Å². The minimum Gasteiger partial charge on any atom is -0.326 e. The van der Waals surface area contributed by atoms with Gasteiger partial charge in [0.15, 0.2) is 0 Å². The van der Waals surface area contributed by atoms with E-state index in [-0.39, 0.29) is 28.2 Å². The van der Waals surface area contributed by atoms with Gasteiger partial charge in [0.1, 0.15) is 0 Å². The van der Waals surface area contributed by atoms with Crippen LogP contribution in [0.2, 0.25) is 0 Å². The maximum atomic E-state index is 13.4. The number of pyridine rings is 1. The van der Waals surface area contributed by atoms with Crippen LogP contribution in [0.3, 0.4) is 0 Å². The van der Waals surface area contributed by atoms with Crippen LogP contribution >= 0.6 is 0 Å². The Kier molecular flexibility index (Phi) is 5.65. The van der Waals surface area contributed by atoms with Gasteiger partial charge in [-0.3, -0.25) is 9.59 Å². The van der Waals surface area contributed by atoms with Crippen molar-refractivity contribution in [2.24, 2.45) is 5.92 Å². The number of carbonyl (C=O) groups excluding carboxylic acids is 1. The van der Waals surface area contributed by atoms with E-state index in [2.05, 4.69) is 5.32 Å². The van der Waals surface area contributed by atoms with E-state index in [1.165, 1.54) is 19.1 Å². The second-order valence-electron chi connectivity index (χ2n) is 9.23. The molecule has 176 valence electrons. The fraction of sp³-hybridized carbons (Fsp3) is 0.308. The summed E-state index contributed by atoms with van der Waals surface area (Å²) in [7, 11) is -3.69. The van der Waals surface area contributed by atoms with Crippen molar-refractivity contribution in [2.45, 2.75) is 37.6 Å². The molecule has 2 aliphatic heterocycles. The third-order valence-electron chi connectivity index (χ3n) is 6.82. The van der Waals surface area contributed by atoms with E-state index in [1.54, 1.807) is 16.4 Å². The molecule has 2 bridgehead atoms. The third kappa shape index (κ3) is 3.97. The maximum absolute atomic E-state index is 13.4. The molecule has 3 heterocycles. The van der Waals surface area contributed by atoms with Crippen LogP contribution in [0.1, 0.15) is 30.5 Å². The lowest BCUT2D eigenvalue weighted by molar-refractivity contribution is -0.114. The molecule has 1 saturated heterocycles. The van der Waals surface area contributed by atoms with Gasteiger partial charge in [-0.1, -0.05) is 24.3 Å². The van der Waals surface area contributed by atoms with Gasteiger partial charge >= 0.3 is 0 Å². The topological polar surface area (TPSA) is 88.5 Å². The normalized spacial score (nSPS) is 19.9. The van der Waals surface area contributed by atoms with Crippen LogP contribution in [0.25, 0.3) is 11.1 Å².